The van der Waals surface area contributed by atoms with E-state index in [-0.39, 0.29) is 0 Å². The highest BCUT2D eigenvalue weighted by atomic mass is 16.4. The molecular formula is C20H19BO2. The minimum atomic E-state index is -1.44. The lowest BCUT2D eigenvalue weighted by molar-refractivity contribution is 0.426. The van der Waals surface area contributed by atoms with Gasteiger partial charge >= 0.3 is 7.12 Å². The van der Waals surface area contributed by atoms with Crippen molar-refractivity contribution in [2.24, 2.45) is 0 Å². The van der Waals surface area contributed by atoms with Gasteiger partial charge in [-0.3, -0.25) is 0 Å². The Bertz CT molecular complexity index is 942. The van der Waals surface area contributed by atoms with Gasteiger partial charge in [0, 0.05) is 0 Å². The fourth-order valence-electron chi connectivity index (χ4n) is 3.09. The Hall–Kier alpha value is -2.36. The highest BCUT2D eigenvalue weighted by Crippen LogP contribution is 2.34. The summed E-state index contributed by atoms with van der Waals surface area (Å²) in [6.45, 7) is 4.00. The average Bonchev–Trinajstić information content (AvgIpc) is 2.63. The summed E-state index contributed by atoms with van der Waals surface area (Å²) in [7, 11) is -1.44. The predicted octanol–water partition coefficient (Wildman–Crippen LogP) is 3.85. The average molecular weight is 302 g/mol. The molecule has 3 heteroatoms. The van der Waals surface area contributed by atoms with E-state index in [1.165, 1.54) is 16.2 Å². The Morgan fingerprint density at radius 1 is 0.565 bits per heavy atom. The Balaban J connectivity index is 0.000000753. The Morgan fingerprint density at radius 3 is 1.39 bits per heavy atom. The molecule has 0 bridgehead atoms. The van der Waals surface area contributed by atoms with Crippen LogP contribution in [0.2, 0.25) is 0 Å². The van der Waals surface area contributed by atoms with Crippen molar-refractivity contribution >= 4 is 44.9 Å². The van der Waals surface area contributed by atoms with Crippen LogP contribution in [-0.2, 0) is 0 Å². The molecule has 4 rings (SSSR count). The summed E-state index contributed by atoms with van der Waals surface area (Å²) in [6, 6.07) is 22.2. The van der Waals surface area contributed by atoms with E-state index in [9.17, 15) is 10.0 Å². The maximum absolute atomic E-state index is 9.42. The summed E-state index contributed by atoms with van der Waals surface area (Å²) in [5.41, 5.74) is 0.517. The number of fused-ring (bicyclic) bond motifs is 6. The van der Waals surface area contributed by atoms with Crippen LogP contribution >= 0.6 is 0 Å². The molecule has 114 valence electrons. The zero-order valence-corrected chi connectivity index (χ0v) is 13.3. The molecule has 4 aromatic carbocycles. The van der Waals surface area contributed by atoms with Gasteiger partial charge < -0.3 is 10.0 Å². The van der Waals surface area contributed by atoms with E-state index in [0.717, 1.165) is 16.2 Å². The van der Waals surface area contributed by atoms with Crippen LogP contribution in [0, 0.1) is 0 Å². The van der Waals surface area contributed by atoms with Gasteiger partial charge in [0.05, 0.1) is 0 Å². The molecule has 0 atom stereocenters. The van der Waals surface area contributed by atoms with E-state index in [0.29, 0.717) is 5.46 Å². The summed E-state index contributed by atoms with van der Waals surface area (Å²) < 4.78 is 0. The van der Waals surface area contributed by atoms with Crippen molar-refractivity contribution < 1.29 is 10.0 Å². The molecule has 0 spiro atoms. The largest absolute Gasteiger partial charge is 0.488 e. The van der Waals surface area contributed by atoms with Gasteiger partial charge in [-0.1, -0.05) is 80.6 Å². The third-order valence-electron chi connectivity index (χ3n) is 4.07. The molecule has 0 aliphatic heterocycles. The van der Waals surface area contributed by atoms with E-state index < -0.39 is 7.12 Å². The van der Waals surface area contributed by atoms with Gasteiger partial charge in [-0.05, 0) is 37.8 Å². The standard InChI is InChI=1S/C18H13BO2.C2H6/c20-19(21)12-9-10-17-15-7-2-1-5-13(15)14-6-3-4-8-16(14)18(17)11-12;1-2/h1-11,20-21H;1-2H3. The molecule has 0 saturated carbocycles. The van der Waals surface area contributed by atoms with Crippen molar-refractivity contribution in [3.8, 4) is 0 Å². The molecule has 0 aromatic heterocycles. The first-order chi connectivity index (χ1) is 11.3. The van der Waals surface area contributed by atoms with Crippen molar-refractivity contribution in [1.29, 1.82) is 0 Å². The van der Waals surface area contributed by atoms with E-state index in [1.54, 1.807) is 6.07 Å². The second-order valence-corrected chi connectivity index (χ2v) is 5.27. The van der Waals surface area contributed by atoms with E-state index in [2.05, 4.69) is 24.3 Å². The molecule has 0 saturated heterocycles. The summed E-state index contributed by atoms with van der Waals surface area (Å²) in [4.78, 5) is 0. The number of hydrogen-bond acceptors (Lipinski definition) is 2. The minimum absolute atomic E-state index is 0.517. The fraction of sp³-hybridized carbons (Fsp3) is 0.100. The number of rotatable bonds is 1. The lowest BCUT2D eigenvalue weighted by Crippen LogP contribution is -2.29. The smallest absolute Gasteiger partial charge is 0.423 e. The Kier molecular flexibility index (Phi) is 4.33. The second-order valence-electron chi connectivity index (χ2n) is 5.27. The molecule has 2 nitrogen and oxygen atoms in total. The van der Waals surface area contributed by atoms with Crippen LogP contribution in [0.1, 0.15) is 13.8 Å². The summed E-state index contributed by atoms with van der Waals surface area (Å²) in [5.74, 6) is 0. The molecule has 0 fully saturated rings. The Labute approximate surface area is 136 Å². The van der Waals surface area contributed by atoms with Crippen LogP contribution < -0.4 is 5.46 Å². The highest BCUT2D eigenvalue weighted by molar-refractivity contribution is 6.59. The molecule has 4 aromatic rings. The van der Waals surface area contributed by atoms with Crippen molar-refractivity contribution in [2.45, 2.75) is 13.8 Å². The van der Waals surface area contributed by atoms with Crippen LogP contribution in [0.5, 0.6) is 0 Å². The second kappa shape index (κ2) is 6.41. The van der Waals surface area contributed by atoms with Crippen LogP contribution in [0.15, 0.2) is 66.7 Å². The number of hydrogen-bond donors (Lipinski definition) is 2. The normalized spacial score (nSPS) is 10.6. The summed E-state index contributed by atoms with van der Waals surface area (Å²) in [5, 5.41) is 25.8. The van der Waals surface area contributed by atoms with E-state index in [4.69, 9.17) is 0 Å². The van der Waals surface area contributed by atoms with E-state index >= 15 is 0 Å². The predicted molar refractivity (Wildman–Crippen MR) is 100 cm³/mol. The Morgan fingerprint density at radius 2 is 0.957 bits per heavy atom. The van der Waals surface area contributed by atoms with E-state index in [1.807, 2.05) is 50.2 Å². The molecule has 23 heavy (non-hydrogen) atoms. The third-order valence-corrected chi connectivity index (χ3v) is 4.07. The van der Waals surface area contributed by atoms with Gasteiger partial charge in [-0.25, -0.2) is 0 Å². The summed E-state index contributed by atoms with van der Waals surface area (Å²) in [6.07, 6.45) is 0. The van der Waals surface area contributed by atoms with Crippen molar-refractivity contribution in [3.05, 3.63) is 66.7 Å². The quantitative estimate of drug-likeness (QED) is 0.414. The number of benzene rings is 4. The first kappa shape index (κ1) is 15.5. The molecular weight excluding hydrogens is 283 g/mol. The maximum atomic E-state index is 9.42. The first-order valence-corrected chi connectivity index (χ1v) is 7.95. The first-order valence-electron chi connectivity index (χ1n) is 7.95. The van der Waals surface area contributed by atoms with Gasteiger partial charge in [-0.2, -0.15) is 0 Å². The van der Waals surface area contributed by atoms with Crippen molar-refractivity contribution in [1.82, 2.24) is 0 Å². The molecule has 0 radical (unpaired) electrons. The topological polar surface area (TPSA) is 40.5 Å². The van der Waals surface area contributed by atoms with Gasteiger partial charge in [0.25, 0.3) is 0 Å². The molecule has 0 heterocycles. The molecule has 0 aliphatic rings. The molecule has 2 N–H and O–H groups in total. The minimum Gasteiger partial charge on any atom is -0.423 e. The monoisotopic (exact) mass is 302 g/mol. The van der Waals surface area contributed by atoms with Gasteiger partial charge in [0.2, 0.25) is 0 Å². The van der Waals surface area contributed by atoms with Gasteiger partial charge in [-0.15, -0.1) is 0 Å². The van der Waals surface area contributed by atoms with Gasteiger partial charge in [0.15, 0.2) is 0 Å². The molecule has 0 aliphatic carbocycles. The van der Waals surface area contributed by atoms with Crippen LogP contribution in [0.4, 0.5) is 0 Å². The third kappa shape index (κ3) is 2.58. The SMILES string of the molecule is CC.OB(O)c1ccc2c3ccccc3c3ccccc3c2c1. The maximum Gasteiger partial charge on any atom is 0.488 e. The molecule has 0 unspecified atom stereocenters. The van der Waals surface area contributed by atoms with Gasteiger partial charge in [0.1, 0.15) is 0 Å². The fourth-order valence-corrected chi connectivity index (χ4v) is 3.09. The highest BCUT2D eigenvalue weighted by Gasteiger charge is 2.13. The lowest BCUT2D eigenvalue weighted by atomic mass is 9.78. The van der Waals surface area contributed by atoms with Crippen molar-refractivity contribution in [2.75, 3.05) is 0 Å². The van der Waals surface area contributed by atoms with Crippen LogP contribution in [0.3, 0.4) is 0 Å². The summed E-state index contributed by atoms with van der Waals surface area (Å²) >= 11 is 0. The lowest BCUT2D eigenvalue weighted by Gasteiger charge is -2.11. The van der Waals surface area contributed by atoms with Crippen LogP contribution in [-0.4, -0.2) is 17.2 Å². The zero-order valence-electron chi connectivity index (χ0n) is 13.3. The van der Waals surface area contributed by atoms with Crippen molar-refractivity contribution in [3.63, 3.8) is 0 Å². The van der Waals surface area contributed by atoms with Crippen LogP contribution in [0.25, 0.3) is 32.3 Å². The zero-order chi connectivity index (χ0) is 16.4. The molecule has 0 amide bonds.